The number of benzene rings is 1. The van der Waals surface area contributed by atoms with E-state index in [4.69, 9.17) is 5.73 Å². The molecular weight excluding hydrogens is 270 g/mol. The van der Waals surface area contributed by atoms with E-state index < -0.39 is 6.04 Å². The Morgan fingerprint density at radius 2 is 2.00 bits per heavy atom. The van der Waals surface area contributed by atoms with Crippen molar-refractivity contribution in [1.82, 2.24) is 10.6 Å². The summed E-state index contributed by atoms with van der Waals surface area (Å²) in [6, 6.07) is 5.68. The number of rotatable bonds is 8. The number of carbonyl (C=O) groups excluding carboxylic acids is 2. The summed E-state index contributed by atoms with van der Waals surface area (Å²) in [6.45, 7) is 2.89. The van der Waals surface area contributed by atoms with Crippen molar-refractivity contribution < 1.29 is 14.7 Å². The van der Waals surface area contributed by atoms with Crippen LogP contribution in [-0.4, -0.2) is 36.1 Å². The molecule has 2 amide bonds. The van der Waals surface area contributed by atoms with Crippen molar-refractivity contribution >= 4 is 11.8 Å². The number of hydrogen-bond donors (Lipinski definition) is 4. The Morgan fingerprint density at radius 3 is 2.67 bits per heavy atom. The molecule has 0 bridgehead atoms. The van der Waals surface area contributed by atoms with Gasteiger partial charge >= 0.3 is 0 Å². The lowest BCUT2D eigenvalue weighted by molar-refractivity contribution is -0.122. The first-order valence-corrected chi connectivity index (χ1v) is 7.15. The molecule has 1 unspecified atom stereocenters. The third-order valence-electron chi connectivity index (χ3n) is 2.98. The molecule has 6 nitrogen and oxygen atoms in total. The Morgan fingerprint density at radius 1 is 1.29 bits per heavy atom. The summed E-state index contributed by atoms with van der Waals surface area (Å²) in [6.07, 6.45) is 2.16. The minimum absolute atomic E-state index is 0.0554. The number of phenols is 1. The molecule has 0 aliphatic rings. The largest absolute Gasteiger partial charge is 0.508 e. The van der Waals surface area contributed by atoms with Crippen LogP contribution in [0, 0.1) is 0 Å². The Hall–Kier alpha value is -2.08. The molecule has 0 radical (unpaired) electrons. The minimum atomic E-state index is -0.461. The van der Waals surface area contributed by atoms with E-state index in [1.54, 1.807) is 12.1 Å². The Balaban J connectivity index is 2.20. The Labute approximate surface area is 124 Å². The molecule has 0 heterocycles. The van der Waals surface area contributed by atoms with Gasteiger partial charge in [-0.25, -0.2) is 0 Å². The van der Waals surface area contributed by atoms with Gasteiger partial charge < -0.3 is 21.5 Å². The van der Waals surface area contributed by atoms with Crippen LogP contribution in [0.4, 0.5) is 0 Å². The summed E-state index contributed by atoms with van der Waals surface area (Å²) in [5.41, 5.74) is 6.08. The monoisotopic (exact) mass is 293 g/mol. The highest BCUT2D eigenvalue weighted by Gasteiger charge is 2.11. The number of nitrogens with one attached hydrogen (secondary N) is 2. The molecule has 0 aliphatic carbocycles. The molecule has 0 aliphatic heterocycles. The van der Waals surface area contributed by atoms with Gasteiger partial charge in [-0.3, -0.25) is 9.59 Å². The van der Waals surface area contributed by atoms with E-state index in [-0.39, 0.29) is 17.6 Å². The summed E-state index contributed by atoms with van der Waals surface area (Å²) in [5.74, 6) is -0.351. The van der Waals surface area contributed by atoms with Gasteiger partial charge in [0.25, 0.3) is 5.91 Å². The Bertz CT molecular complexity index is 477. The van der Waals surface area contributed by atoms with Gasteiger partial charge in [0, 0.05) is 18.7 Å². The fourth-order valence-corrected chi connectivity index (χ4v) is 1.82. The summed E-state index contributed by atoms with van der Waals surface area (Å²) in [7, 11) is 0. The van der Waals surface area contributed by atoms with Crippen molar-refractivity contribution in [1.29, 1.82) is 0 Å². The fraction of sp³-hybridized carbons (Fsp3) is 0.467. The van der Waals surface area contributed by atoms with Crippen LogP contribution < -0.4 is 16.4 Å². The van der Waals surface area contributed by atoms with Crippen LogP contribution in [0.1, 0.15) is 36.5 Å². The van der Waals surface area contributed by atoms with E-state index in [0.29, 0.717) is 31.5 Å². The number of carbonyl (C=O) groups is 2. The van der Waals surface area contributed by atoms with E-state index in [1.165, 1.54) is 12.1 Å². The SMILES string of the molecule is CCCC(N)C(=O)NCCCNC(=O)c1cccc(O)c1. The second kappa shape index (κ2) is 8.97. The van der Waals surface area contributed by atoms with E-state index in [1.807, 2.05) is 6.92 Å². The first-order valence-electron chi connectivity index (χ1n) is 7.15. The second-order valence-corrected chi connectivity index (χ2v) is 4.85. The molecule has 0 fully saturated rings. The third-order valence-corrected chi connectivity index (χ3v) is 2.98. The van der Waals surface area contributed by atoms with Gasteiger partial charge in [-0.05, 0) is 31.0 Å². The zero-order valence-corrected chi connectivity index (χ0v) is 12.3. The predicted octanol–water partition coefficient (Wildman–Crippen LogP) is 0.756. The molecular formula is C15H23N3O3. The van der Waals surface area contributed by atoms with Crippen LogP contribution in [0.2, 0.25) is 0 Å². The van der Waals surface area contributed by atoms with Crippen LogP contribution in [0.5, 0.6) is 5.75 Å². The van der Waals surface area contributed by atoms with Crippen LogP contribution >= 0.6 is 0 Å². The number of aromatic hydroxyl groups is 1. The van der Waals surface area contributed by atoms with Crippen molar-refractivity contribution in [3.63, 3.8) is 0 Å². The van der Waals surface area contributed by atoms with E-state index in [2.05, 4.69) is 10.6 Å². The number of amides is 2. The normalized spacial score (nSPS) is 11.7. The molecule has 21 heavy (non-hydrogen) atoms. The lowest BCUT2D eigenvalue weighted by Crippen LogP contribution is -2.41. The van der Waals surface area contributed by atoms with Gasteiger partial charge in [0.15, 0.2) is 0 Å². The lowest BCUT2D eigenvalue weighted by atomic mass is 10.1. The molecule has 1 aromatic carbocycles. The summed E-state index contributed by atoms with van der Waals surface area (Å²) >= 11 is 0. The molecule has 116 valence electrons. The quantitative estimate of drug-likeness (QED) is 0.531. The van der Waals surface area contributed by atoms with Crippen LogP contribution in [-0.2, 0) is 4.79 Å². The lowest BCUT2D eigenvalue weighted by Gasteiger charge is -2.11. The van der Waals surface area contributed by atoms with E-state index in [9.17, 15) is 14.7 Å². The highest BCUT2D eigenvalue weighted by atomic mass is 16.3. The van der Waals surface area contributed by atoms with Crippen LogP contribution in [0.3, 0.4) is 0 Å². The van der Waals surface area contributed by atoms with E-state index >= 15 is 0 Å². The first kappa shape index (κ1) is 17.0. The van der Waals surface area contributed by atoms with Crippen molar-refractivity contribution in [2.24, 2.45) is 5.73 Å². The zero-order valence-electron chi connectivity index (χ0n) is 12.3. The molecule has 0 spiro atoms. The molecule has 6 heteroatoms. The van der Waals surface area contributed by atoms with Crippen molar-refractivity contribution in [2.75, 3.05) is 13.1 Å². The summed E-state index contributed by atoms with van der Waals surface area (Å²) in [5, 5.41) is 14.7. The summed E-state index contributed by atoms with van der Waals surface area (Å²) in [4.78, 5) is 23.3. The summed E-state index contributed by atoms with van der Waals surface area (Å²) < 4.78 is 0. The van der Waals surface area contributed by atoms with E-state index in [0.717, 1.165) is 6.42 Å². The standard InChI is InChI=1S/C15H23N3O3/c1-2-5-13(16)15(21)18-9-4-8-17-14(20)11-6-3-7-12(19)10-11/h3,6-7,10,13,19H,2,4-5,8-9,16H2,1H3,(H,17,20)(H,18,21). The zero-order chi connectivity index (χ0) is 15.7. The number of nitrogens with two attached hydrogens (primary N) is 1. The highest BCUT2D eigenvalue weighted by Crippen LogP contribution is 2.10. The third kappa shape index (κ3) is 6.27. The van der Waals surface area contributed by atoms with Crippen molar-refractivity contribution in [2.45, 2.75) is 32.2 Å². The molecule has 0 saturated carbocycles. The van der Waals surface area contributed by atoms with Gasteiger partial charge in [-0.15, -0.1) is 0 Å². The average molecular weight is 293 g/mol. The fourth-order valence-electron chi connectivity index (χ4n) is 1.82. The van der Waals surface area contributed by atoms with Crippen molar-refractivity contribution in [3.05, 3.63) is 29.8 Å². The first-order chi connectivity index (χ1) is 10.0. The Kier molecular flexibility index (Phi) is 7.25. The molecule has 1 rings (SSSR count). The van der Waals surface area contributed by atoms with Crippen molar-refractivity contribution in [3.8, 4) is 5.75 Å². The maximum atomic E-state index is 11.8. The van der Waals surface area contributed by atoms with Gasteiger partial charge in [-0.1, -0.05) is 19.4 Å². The molecule has 1 aromatic rings. The van der Waals surface area contributed by atoms with Crippen LogP contribution in [0.25, 0.3) is 0 Å². The van der Waals surface area contributed by atoms with Crippen LogP contribution in [0.15, 0.2) is 24.3 Å². The molecule has 0 aromatic heterocycles. The number of phenolic OH excluding ortho intramolecular Hbond substituents is 1. The maximum absolute atomic E-state index is 11.8. The second-order valence-electron chi connectivity index (χ2n) is 4.85. The van der Waals surface area contributed by atoms with Gasteiger partial charge in [0.2, 0.25) is 5.91 Å². The minimum Gasteiger partial charge on any atom is -0.508 e. The molecule has 5 N–H and O–H groups in total. The maximum Gasteiger partial charge on any atom is 0.251 e. The molecule has 0 saturated heterocycles. The topological polar surface area (TPSA) is 104 Å². The van der Waals surface area contributed by atoms with Gasteiger partial charge in [0.05, 0.1) is 6.04 Å². The van der Waals surface area contributed by atoms with Gasteiger partial charge in [-0.2, -0.15) is 0 Å². The predicted molar refractivity (Wildman–Crippen MR) is 81.0 cm³/mol. The molecule has 1 atom stereocenters. The highest BCUT2D eigenvalue weighted by molar-refractivity contribution is 5.94. The number of hydrogen-bond acceptors (Lipinski definition) is 4. The van der Waals surface area contributed by atoms with Gasteiger partial charge in [0.1, 0.15) is 5.75 Å². The smallest absolute Gasteiger partial charge is 0.251 e. The average Bonchev–Trinajstić information content (AvgIpc) is 2.46.